The highest BCUT2D eigenvalue weighted by atomic mass is 32.2. The number of ketones is 1. The molecule has 13 atom stereocenters. The van der Waals surface area contributed by atoms with E-state index in [1.807, 2.05) is 0 Å². The van der Waals surface area contributed by atoms with Crippen molar-refractivity contribution in [1.82, 2.24) is 79.4 Å². The lowest BCUT2D eigenvalue weighted by atomic mass is 9.87. The molecule has 7 rings (SSSR count). The van der Waals surface area contributed by atoms with E-state index in [1.54, 1.807) is 66.7 Å². The summed E-state index contributed by atoms with van der Waals surface area (Å²) in [6.07, 6.45) is -9.16. The number of carboxylic acid groups (broad SMARTS) is 1. The quantitative estimate of drug-likeness (QED) is 0.00745. The molecule has 132 heavy (non-hydrogen) atoms. The Labute approximate surface area is 759 Å². The third-order valence-electron chi connectivity index (χ3n) is 21.2. The smallest absolute Gasteiger partial charge is 0.303 e. The number of rotatable bonds is 44. The minimum atomic E-state index is -2.13. The molecule has 1 unspecified atom stereocenters. The van der Waals surface area contributed by atoms with Crippen LogP contribution in [0.1, 0.15) is 114 Å². The Morgan fingerprint density at radius 3 is 1.81 bits per heavy atom. The van der Waals surface area contributed by atoms with E-state index in [2.05, 4.69) is 79.4 Å². The molecule has 4 aromatic carbocycles. The van der Waals surface area contributed by atoms with Gasteiger partial charge in [0.2, 0.25) is 106 Å². The van der Waals surface area contributed by atoms with Gasteiger partial charge in [0.05, 0.1) is 18.9 Å². The first-order valence-corrected chi connectivity index (χ1v) is 43.3. The van der Waals surface area contributed by atoms with Crippen molar-refractivity contribution in [2.75, 3.05) is 44.4 Å². The molecule has 2 aliphatic rings. The van der Waals surface area contributed by atoms with Gasteiger partial charge in [-0.25, -0.2) is 0 Å². The number of carbonyl (C=O) groups excluding carboxylic acids is 19. The number of aromatic amines is 1. The van der Waals surface area contributed by atoms with Crippen LogP contribution >= 0.6 is 11.8 Å². The summed E-state index contributed by atoms with van der Waals surface area (Å²) in [5.41, 5.74) is 37.7. The molecular weight excluding hydrogens is 1750 g/mol. The van der Waals surface area contributed by atoms with Crippen molar-refractivity contribution in [3.05, 3.63) is 114 Å². The fraction of sp³-hybridized carbons (Fsp3) is 0.464. The van der Waals surface area contributed by atoms with Gasteiger partial charge < -0.3 is 139 Å². The highest BCUT2D eigenvalue weighted by Crippen LogP contribution is 2.26. The lowest BCUT2D eigenvalue weighted by Crippen LogP contribution is -2.67. The number of carboxylic acids is 1. The Kier molecular flexibility index (Phi) is 40.5. The molecule has 3 heterocycles. The van der Waals surface area contributed by atoms with E-state index in [-0.39, 0.29) is 64.3 Å². The first kappa shape index (κ1) is 105. The summed E-state index contributed by atoms with van der Waals surface area (Å²) in [6, 6.07) is 2.79. The van der Waals surface area contributed by atoms with E-state index in [1.165, 1.54) is 30.5 Å². The number of aliphatic hydroxyl groups excluding tert-OH is 1. The third kappa shape index (κ3) is 33.3. The number of Topliss-reactive ketones (excluding diaryl/α,β-unsaturated/α-hetero) is 1. The SMILES string of the molecule is CC(=O)N[C@H](CCCNC(=N)N)C(=O)N[C@H]1CCSC[C@@H](C(=O)N[C@@H](Cc2ccc(OCCN)cc2)C(=O)N[C@@H](Cc2ccc3ccccc3c2)C(=O)NC2(C(=O)N[C@@H](CCC(=O)O)C(=O)NC(CC(N)=O)C(=O)N[C@@H](CC(N)=O)C(N)=O)CCOCC2)NC(=O)[C@H](CCC(N)=O)NC(=O)[C@H](Cc2c[nH]c3ccccc23)NC(=O)[C@H]([C@@H](C)O)NC(=O)[C@H](CCC(=O)C(N)=O)NC1=O. The number of primary amides is 5. The van der Waals surface area contributed by atoms with E-state index >= 15 is 33.6 Å². The summed E-state index contributed by atoms with van der Waals surface area (Å²) in [7, 11) is 0. The summed E-state index contributed by atoms with van der Waals surface area (Å²) in [4.78, 5) is 283. The number of nitrogens with two attached hydrogens (primary N) is 7. The number of benzene rings is 4. The molecule has 32 N–H and O–H groups in total. The molecule has 0 bridgehead atoms. The van der Waals surface area contributed by atoms with Crippen molar-refractivity contribution in [3.63, 3.8) is 0 Å². The Morgan fingerprint density at radius 1 is 0.598 bits per heavy atom. The standard InChI is InChI=1S/C84H113N23O24S/c1-42(108)68-81(128)103-60(37-48-40-94-51-11-6-5-10-50(48)51)77(124)97-54(20-23-64(86)111)72(119)104-62(41-132-33-25-56(74(121)96-53(75(122)106-68)19-22-63(110)70(90)117)98-71(118)52(95-43(2)109)12-7-29-93-83(91)92)79(126)100-58(35-44-14-17-49(18-15-44)131-32-28-85)76(123)101-59(36-45-13-16-46-8-3-4-9-47(46)34-45)80(127)107-84(26-30-130-31-27-84)82(129)105-55(21-24-67(114)115)73(120)102-61(39-66(88)113)78(125)99-57(69(89)116)38-65(87)112/h3-6,8-11,13-18,34,40,42,52-62,68,94,108H,7,12,19-33,35-39,41,85H2,1-2H3,(H2,86,111)(H2,87,112)(H2,88,113)(H2,89,116)(H2,90,117)(H,95,109)(H,96,121)(H,97,124)(H,98,118)(H,99,125)(H,100,126)(H,101,123)(H,102,120)(H,103,128)(H,104,119)(H,105,129)(H,106,122)(H,107,127)(H,114,115)(H4,91,92,93)/t42-,52-,53+,54+,55+,56+,57+,58+,59+,60+,61?,62+,68+/m1/s1. The van der Waals surface area contributed by atoms with Gasteiger partial charge in [0.1, 0.15) is 90.4 Å². The Bertz CT molecular complexity index is 5070. The Balaban J connectivity index is 1.35. The number of thioether (sulfide) groups is 1. The van der Waals surface area contributed by atoms with Crippen molar-refractivity contribution in [3.8, 4) is 5.75 Å². The van der Waals surface area contributed by atoms with Crippen molar-refractivity contribution < 1.29 is 116 Å². The fourth-order valence-corrected chi connectivity index (χ4v) is 15.3. The molecule has 0 spiro atoms. The average Bonchev–Trinajstić information content (AvgIpc) is 1.17. The third-order valence-corrected chi connectivity index (χ3v) is 22.3. The van der Waals surface area contributed by atoms with Crippen LogP contribution in [-0.2, 0) is 120 Å². The Hall–Kier alpha value is -14.4. The van der Waals surface area contributed by atoms with Gasteiger partial charge in [0.25, 0.3) is 5.91 Å². The minimum absolute atomic E-state index is 0.0202. The number of hydrogen-bond acceptors (Lipinski definition) is 26. The van der Waals surface area contributed by atoms with Crippen LogP contribution in [0.4, 0.5) is 0 Å². The summed E-state index contributed by atoms with van der Waals surface area (Å²) >= 11 is 0.801. The van der Waals surface area contributed by atoms with Gasteiger partial charge in [-0.2, -0.15) is 11.8 Å². The number of guanidine groups is 1. The number of ether oxygens (including phenoxy) is 2. The number of amides is 18. The average molecular weight is 1860 g/mol. The molecule has 0 aliphatic carbocycles. The fourth-order valence-electron chi connectivity index (χ4n) is 14.2. The maximum Gasteiger partial charge on any atom is 0.303 e. The maximum atomic E-state index is 15.9. The van der Waals surface area contributed by atoms with E-state index in [0.29, 0.717) is 38.7 Å². The van der Waals surface area contributed by atoms with Crippen molar-refractivity contribution in [2.45, 2.75) is 201 Å². The lowest BCUT2D eigenvalue weighted by molar-refractivity contribution is -0.142. The number of carbonyl (C=O) groups is 20. The molecule has 2 saturated heterocycles. The molecule has 2 aliphatic heterocycles. The number of nitrogens with one attached hydrogen (secondary N) is 16. The van der Waals surface area contributed by atoms with Crippen molar-refractivity contribution in [2.24, 2.45) is 40.1 Å². The van der Waals surface area contributed by atoms with Gasteiger partial charge >= 0.3 is 5.97 Å². The van der Waals surface area contributed by atoms with Crippen LogP contribution in [0.25, 0.3) is 21.7 Å². The molecule has 714 valence electrons. The van der Waals surface area contributed by atoms with Gasteiger partial charge in [-0.15, -0.1) is 0 Å². The second kappa shape index (κ2) is 51.1. The zero-order valence-electron chi connectivity index (χ0n) is 72.3. The zero-order chi connectivity index (χ0) is 97.1. The van der Waals surface area contributed by atoms with Crippen LogP contribution in [0, 0.1) is 5.41 Å². The second-order valence-corrected chi connectivity index (χ2v) is 32.7. The van der Waals surface area contributed by atoms with Crippen LogP contribution in [0.2, 0.25) is 0 Å². The van der Waals surface area contributed by atoms with Crippen molar-refractivity contribution in [1.29, 1.82) is 5.41 Å². The van der Waals surface area contributed by atoms with E-state index in [4.69, 9.17) is 55.0 Å². The van der Waals surface area contributed by atoms with Gasteiger partial charge in [0, 0.05) is 107 Å². The highest BCUT2D eigenvalue weighted by Gasteiger charge is 2.46. The van der Waals surface area contributed by atoms with E-state index in [0.717, 1.165) is 31.0 Å². The highest BCUT2D eigenvalue weighted by molar-refractivity contribution is 7.99. The van der Waals surface area contributed by atoms with E-state index in [9.17, 15) is 72.5 Å². The molecule has 0 saturated carbocycles. The number of aliphatic hydroxyl groups is 1. The van der Waals surface area contributed by atoms with Crippen LogP contribution in [0.15, 0.2) is 97.2 Å². The first-order chi connectivity index (χ1) is 62.6. The molecule has 18 amide bonds. The predicted octanol–water partition coefficient (Wildman–Crippen LogP) is -7.83. The molecule has 5 aromatic rings. The van der Waals surface area contributed by atoms with Crippen LogP contribution < -0.4 is 119 Å². The predicted molar refractivity (Wildman–Crippen MR) is 472 cm³/mol. The topological polar surface area (TPSA) is 791 Å². The zero-order valence-corrected chi connectivity index (χ0v) is 73.1. The van der Waals surface area contributed by atoms with Gasteiger partial charge in [-0.1, -0.05) is 72.8 Å². The molecule has 2 fully saturated rings. The summed E-state index contributed by atoms with van der Waals surface area (Å²) in [5, 5.41) is 65.7. The maximum absolute atomic E-state index is 15.9. The van der Waals surface area contributed by atoms with Gasteiger partial charge in [-0.05, 0) is 96.9 Å². The molecule has 47 nitrogen and oxygen atoms in total. The van der Waals surface area contributed by atoms with E-state index < -0.39 is 291 Å². The number of fused-ring (bicyclic) bond motifs is 2. The number of aliphatic carboxylic acids is 1. The number of aromatic nitrogens is 1. The normalized spacial score (nSPS) is 19.0. The minimum Gasteiger partial charge on any atom is -0.492 e. The summed E-state index contributed by atoms with van der Waals surface area (Å²) < 4.78 is 11.4. The van der Waals surface area contributed by atoms with Gasteiger partial charge in [0.15, 0.2) is 5.96 Å². The summed E-state index contributed by atoms with van der Waals surface area (Å²) in [6.45, 7) is 1.83. The molecule has 1 aromatic heterocycles. The number of H-pyrrole nitrogens is 1. The number of hydrogen-bond donors (Lipinski definition) is 25. The summed E-state index contributed by atoms with van der Waals surface area (Å²) in [5.74, 6) is -24.8. The van der Waals surface area contributed by atoms with Crippen LogP contribution in [0.5, 0.6) is 5.75 Å². The number of para-hydroxylation sites is 1. The van der Waals surface area contributed by atoms with Crippen molar-refractivity contribution >= 4 is 157 Å². The first-order valence-electron chi connectivity index (χ1n) is 42.1. The van der Waals surface area contributed by atoms with Gasteiger partial charge in [-0.3, -0.25) is 101 Å². The second-order valence-electron chi connectivity index (χ2n) is 31.5. The lowest BCUT2D eigenvalue weighted by Gasteiger charge is -2.38. The largest absolute Gasteiger partial charge is 0.492 e. The molecule has 48 heteroatoms. The van der Waals surface area contributed by atoms with Crippen LogP contribution in [-0.4, -0.2) is 268 Å². The van der Waals surface area contributed by atoms with Crippen LogP contribution in [0.3, 0.4) is 0 Å². The monoisotopic (exact) mass is 1860 g/mol. The Morgan fingerprint density at radius 2 is 1.17 bits per heavy atom. The molecular formula is C84H113N23O24S. The molecule has 0 radical (unpaired) electrons.